The minimum absolute atomic E-state index is 0.0636. The highest BCUT2D eigenvalue weighted by atomic mass is 32.2. The Morgan fingerprint density at radius 1 is 1.10 bits per heavy atom. The highest BCUT2D eigenvalue weighted by molar-refractivity contribution is 7.87. The van der Waals surface area contributed by atoms with Crippen molar-refractivity contribution in [3.05, 3.63) is 0 Å². The monoisotopic (exact) mass is 324 g/mol. The van der Waals surface area contributed by atoms with Gasteiger partial charge in [0.1, 0.15) is 6.61 Å². The second-order valence-corrected chi connectivity index (χ2v) is 8.30. The zero-order chi connectivity index (χ0) is 15.3. The van der Waals surface area contributed by atoms with Crippen molar-refractivity contribution in [2.45, 2.75) is 44.3 Å². The first-order chi connectivity index (χ1) is 9.78. The average Bonchev–Trinajstić information content (AvgIpc) is 2.34. The van der Waals surface area contributed by atoms with E-state index >= 15 is 0 Å². The molecule has 0 aromatic carbocycles. The van der Waals surface area contributed by atoms with E-state index < -0.39 is 22.0 Å². The average molecular weight is 324 g/mol. The Balaban J connectivity index is 1.57. The highest BCUT2D eigenvalue weighted by Crippen LogP contribution is 2.60. The van der Waals surface area contributed by atoms with Gasteiger partial charge in [0.05, 0.1) is 0 Å². The molecule has 0 spiro atoms. The molecule has 4 saturated carbocycles. The molecule has 5 nitrogen and oxygen atoms in total. The van der Waals surface area contributed by atoms with Gasteiger partial charge in [0.2, 0.25) is 0 Å². The van der Waals surface area contributed by atoms with Crippen LogP contribution in [0.3, 0.4) is 0 Å². The highest BCUT2D eigenvalue weighted by Gasteiger charge is 2.51. The molecule has 0 aromatic rings. The van der Waals surface area contributed by atoms with Crippen LogP contribution in [0.2, 0.25) is 0 Å². The van der Waals surface area contributed by atoms with Gasteiger partial charge in [-0.05, 0) is 56.3 Å². The first-order valence-corrected chi connectivity index (χ1v) is 8.63. The van der Waals surface area contributed by atoms with Gasteiger partial charge in [-0.15, -0.1) is 0 Å². The summed E-state index contributed by atoms with van der Waals surface area (Å²) in [6.45, 7) is 0.0636. The minimum atomic E-state index is -5.18. The van der Waals surface area contributed by atoms with Crippen LogP contribution in [0, 0.1) is 23.2 Å². The third-order valence-electron chi connectivity index (χ3n) is 5.06. The molecule has 0 radical (unpaired) electrons. The van der Waals surface area contributed by atoms with Gasteiger partial charge in [-0.1, -0.05) is 0 Å². The van der Waals surface area contributed by atoms with Crippen molar-refractivity contribution in [1.82, 2.24) is 0 Å². The van der Waals surface area contributed by atoms with Crippen LogP contribution in [0.5, 0.6) is 0 Å². The van der Waals surface area contributed by atoms with Gasteiger partial charge in [-0.2, -0.15) is 17.2 Å². The Kier molecular flexibility index (Phi) is 3.62. The molecule has 0 atom stereocenters. The third kappa shape index (κ3) is 3.00. The standard InChI is InChI=1S/C13H18F2O5S/c14-11(15)21(17,18)20-12(16)19-7-13-4-8-1-9(5-13)3-10(2-8)6-13/h8-11H,1-7H2. The van der Waals surface area contributed by atoms with Gasteiger partial charge in [-0.3, -0.25) is 0 Å². The molecule has 4 rings (SSSR count). The number of hydrogen-bond acceptors (Lipinski definition) is 5. The van der Waals surface area contributed by atoms with E-state index in [1.807, 2.05) is 0 Å². The Hall–Kier alpha value is -0.920. The molecule has 0 unspecified atom stereocenters. The Bertz CT molecular complexity index is 495. The summed E-state index contributed by atoms with van der Waals surface area (Å²) in [5.41, 5.74) is -0.109. The summed E-state index contributed by atoms with van der Waals surface area (Å²) in [5, 5.41) is 0. The van der Waals surface area contributed by atoms with Crippen molar-refractivity contribution in [2.75, 3.05) is 6.61 Å². The lowest BCUT2D eigenvalue weighted by Gasteiger charge is -2.56. The molecule has 8 heteroatoms. The molecular weight excluding hydrogens is 306 g/mol. The molecule has 4 fully saturated rings. The van der Waals surface area contributed by atoms with Crippen LogP contribution in [0.25, 0.3) is 0 Å². The molecule has 0 aliphatic heterocycles. The summed E-state index contributed by atoms with van der Waals surface area (Å²) in [5.74, 6) is -1.79. The maximum absolute atomic E-state index is 12.1. The van der Waals surface area contributed by atoms with Crippen molar-refractivity contribution in [1.29, 1.82) is 0 Å². The molecule has 0 saturated heterocycles. The van der Waals surface area contributed by atoms with Crippen molar-refractivity contribution >= 4 is 16.3 Å². The van der Waals surface area contributed by atoms with Crippen LogP contribution in [0.15, 0.2) is 0 Å². The fraction of sp³-hybridized carbons (Fsp3) is 0.923. The number of carbonyl (C=O) groups is 1. The number of rotatable bonds is 4. The normalized spacial score (nSPS) is 37.8. The van der Waals surface area contributed by atoms with Gasteiger partial charge in [-0.25, -0.2) is 4.79 Å². The molecular formula is C13H18F2O5S. The molecule has 0 aromatic heterocycles. The minimum Gasteiger partial charge on any atom is -0.433 e. The van der Waals surface area contributed by atoms with E-state index in [4.69, 9.17) is 4.74 Å². The number of halogens is 2. The van der Waals surface area contributed by atoms with Crippen LogP contribution >= 0.6 is 0 Å². The van der Waals surface area contributed by atoms with Crippen LogP contribution in [0.4, 0.5) is 13.6 Å². The quantitative estimate of drug-likeness (QED) is 0.587. The predicted octanol–water partition coefficient (Wildman–Crippen LogP) is 2.91. The SMILES string of the molecule is O=C(OCC12CC3CC(CC(C3)C1)C2)OS(=O)(=O)C(F)F. The van der Waals surface area contributed by atoms with E-state index in [1.54, 1.807) is 0 Å². The summed E-state index contributed by atoms with van der Waals surface area (Å²) in [6.07, 6.45) is 5.03. The van der Waals surface area contributed by atoms with Crippen LogP contribution in [-0.4, -0.2) is 26.9 Å². The molecule has 0 amide bonds. The Morgan fingerprint density at radius 2 is 1.57 bits per heavy atom. The number of carbonyl (C=O) groups excluding carboxylic acids is 1. The van der Waals surface area contributed by atoms with Crippen LogP contribution < -0.4 is 0 Å². The number of alkyl halides is 2. The maximum Gasteiger partial charge on any atom is 0.524 e. The molecule has 4 aliphatic carbocycles. The lowest BCUT2D eigenvalue weighted by molar-refractivity contribution is -0.0860. The predicted molar refractivity (Wildman–Crippen MR) is 68.0 cm³/mol. The van der Waals surface area contributed by atoms with E-state index in [9.17, 15) is 22.0 Å². The van der Waals surface area contributed by atoms with Gasteiger partial charge in [0, 0.05) is 5.41 Å². The first kappa shape index (κ1) is 15.0. The largest absolute Gasteiger partial charge is 0.524 e. The van der Waals surface area contributed by atoms with Crippen LogP contribution in [-0.2, 0) is 19.0 Å². The summed E-state index contributed by atoms with van der Waals surface area (Å²) in [4.78, 5) is 11.3. The Morgan fingerprint density at radius 3 is 2.00 bits per heavy atom. The molecule has 0 N–H and O–H groups in total. The van der Waals surface area contributed by atoms with E-state index in [-0.39, 0.29) is 12.0 Å². The van der Waals surface area contributed by atoms with E-state index in [0.717, 1.165) is 19.3 Å². The summed E-state index contributed by atoms with van der Waals surface area (Å²) in [6, 6.07) is 0. The number of ether oxygens (including phenoxy) is 1. The fourth-order valence-electron chi connectivity index (χ4n) is 4.83. The van der Waals surface area contributed by atoms with Crippen LogP contribution in [0.1, 0.15) is 38.5 Å². The second kappa shape index (κ2) is 5.07. The van der Waals surface area contributed by atoms with E-state index in [1.165, 1.54) is 19.3 Å². The van der Waals surface area contributed by atoms with Crippen molar-refractivity contribution in [2.24, 2.45) is 23.2 Å². The zero-order valence-corrected chi connectivity index (χ0v) is 12.3. The van der Waals surface area contributed by atoms with Gasteiger partial charge < -0.3 is 8.92 Å². The van der Waals surface area contributed by atoms with E-state index in [0.29, 0.717) is 17.8 Å². The molecule has 4 bridgehead atoms. The topological polar surface area (TPSA) is 69.7 Å². The smallest absolute Gasteiger partial charge is 0.433 e. The van der Waals surface area contributed by atoms with Crippen molar-refractivity contribution in [3.8, 4) is 0 Å². The van der Waals surface area contributed by atoms with Crippen molar-refractivity contribution in [3.63, 3.8) is 0 Å². The zero-order valence-electron chi connectivity index (χ0n) is 11.5. The fourth-order valence-corrected chi connectivity index (χ4v) is 5.14. The van der Waals surface area contributed by atoms with Gasteiger partial charge in [0.15, 0.2) is 0 Å². The molecule has 21 heavy (non-hydrogen) atoms. The Labute approximate surface area is 122 Å². The lowest BCUT2D eigenvalue weighted by Crippen LogP contribution is -2.48. The second-order valence-electron chi connectivity index (χ2n) is 6.79. The molecule has 4 aliphatic rings. The molecule has 0 heterocycles. The van der Waals surface area contributed by atoms with E-state index in [2.05, 4.69) is 4.18 Å². The third-order valence-corrected chi connectivity index (χ3v) is 5.87. The maximum atomic E-state index is 12.1. The summed E-state index contributed by atoms with van der Waals surface area (Å²) in [7, 11) is -5.18. The van der Waals surface area contributed by atoms with Gasteiger partial charge >= 0.3 is 22.0 Å². The lowest BCUT2D eigenvalue weighted by atomic mass is 9.50. The first-order valence-electron chi connectivity index (χ1n) is 7.16. The molecule has 120 valence electrons. The summed E-state index contributed by atoms with van der Waals surface area (Å²) < 4.78 is 54.4. The van der Waals surface area contributed by atoms with Gasteiger partial charge in [0.25, 0.3) is 0 Å². The number of hydrogen-bond donors (Lipinski definition) is 0. The summed E-state index contributed by atoms with van der Waals surface area (Å²) >= 11 is 0. The van der Waals surface area contributed by atoms with Crippen molar-refractivity contribution < 1.29 is 30.9 Å².